The number of piperidine rings is 1. The van der Waals surface area contributed by atoms with Crippen LogP contribution in [0.25, 0.3) is 0 Å². The van der Waals surface area contributed by atoms with E-state index in [0.717, 1.165) is 43.4 Å². The molecular formula is C15H26N4O. The minimum Gasteiger partial charge on any atom is -0.396 e. The van der Waals surface area contributed by atoms with Gasteiger partial charge in [-0.3, -0.25) is 0 Å². The molecule has 1 fully saturated rings. The number of anilines is 2. The van der Waals surface area contributed by atoms with Crippen LogP contribution in [-0.4, -0.2) is 48.9 Å². The highest BCUT2D eigenvalue weighted by Crippen LogP contribution is 2.25. The molecule has 0 unspecified atom stereocenters. The van der Waals surface area contributed by atoms with E-state index in [1.807, 2.05) is 19.0 Å². The first-order chi connectivity index (χ1) is 9.51. The van der Waals surface area contributed by atoms with Crippen molar-refractivity contribution in [3.63, 3.8) is 0 Å². The predicted octanol–water partition coefficient (Wildman–Crippen LogP) is 1.87. The van der Waals surface area contributed by atoms with Crippen molar-refractivity contribution in [2.45, 2.75) is 32.6 Å². The second-order valence-electron chi connectivity index (χ2n) is 6.11. The molecule has 0 radical (unpaired) electrons. The average Bonchev–Trinajstić information content (AvgIpc) is 2.46. The largest absolute Gasteiger partial charge is 0.396 e. The van der Waals surface area contributed by atoms with Crippen molar-refractivity contribution < 1.29 is 5.11 Å². The third-order valence-electron chi connectivity index (χ3n) is 3.91. The third kappa shape index (κ3) is 3.39. The zero-order valence-corrected chi connectivity index (χ0v) is 13.0. The molecule has 1 N–H and O–H groups in total. The molecule has 5 nitrogen and oxygen atoms in total. The Balaban J connectivity index is 2.22. The van der Waals surface area contributed by atoms with Crippen molar-refractivity contribution in [3.8, 4) is 0 Å². The zero-order valence-electron chi connectivity index (χ0n) is 13.0. The maximum Gasteiger partial charge on any atom is 0.227 e. The summed E-state index contributed by atoms with van der Waals surface area (Å²) in [5.74, 6) is 2.63. The second-order valence-corrected chi connectivity index (χ2v) is 6.11. The molecule has 20 heavy (non-hydrogen) atoms. The molecular weight excluding hydrogens is 252 g/mol. The van der Waals surface area contributed by atoms with Crippen LogP contribution in [0.1, 0.15) is 38.3 Å². The predicted molar refractivity (Wildman–Crippen MR) is 82.5 cm³/mol. The summed E-state index contributed by atoms with van der Waals surface area (Å²) >= 11 is 0. The average molecular weight is 278 g/mol. The maximum atomic E-state index is 9.23. The number of hydrogen-bond acceptors (Lipinski definition) is 5. The minimum absolute atomic E-state index is 0.303. The SMILES string of the molecule is CC(C)c1cc(N2CCC(CO)CC2)nc(N(C)C)n1. The van der Waals surface area contributed by atoms with Crippen molar-refractivity contribution in [1.29, 1.82) is 0 Å². The van der Waals surface area contributed by atoms with Crippen LogP contribution in [-0.2, 0) is 0 Å². The van der Waals surface area contributed by atoms with E-state index in [2.05, 4.69) is 34.8 Å². The van der Waals surface area contributed by atoms with E-state index in [-0.39, 0.29) is 0 Å². The van der Waals surface area contributed by atoms with Gasteiger partial charge in [0, 0.05) is 39.9 Å². The summed E-state index contributed by atoms with van der Waals surface area (Å²) in [6.45, 7) is 6.55. The molecule has 0 aromatic carbocycles. The molecule has 0 atom stereocenters. The molecule has 1 aromatic heterocycles. The number of rotatable bonds is 4. The molecule has 2 rings (SSSR count). The highest BCUT2D eigenvalue weighted by molar-refractivity contribution is 5.46. The van der Waals surface area contributed by atoms with Gasteiger partial charge in [-0.1, -0.05) is 13.8 Å². The summed E-state index contributed by atoms with van der Waals surface area (Å²) in [7, 11) is 3.95. The lowest BCUT2D eigenvalue weighted by atomic mass is 9.98. The zero-order chi connectivity index (χ0) is 14.7. The quantitative estimate of drug-likeness (QED) is 0.911. The Hall–Kier alpha value is -1.36. The lowest BCUT2D eigenvalue weighted by molar-refractivity contribution is 0.203. The minimum atomic E-state index is 0.303. The Labute approximate surface area is 121 Å². The van der Waals surface area contributed by atoms with Crippen LogP contribution in [0.3, 0.4) is 0 Å². The van der Waals surface area contributed by atoms with Crippen molar-refractivity contribution in [1.82, 2.24) is 9.97 Å². The van der Waals surface area contributed by atoms with Gasteiger partial charge in [-0.25, -0.2) is 4.98 Å². The molecule has 1 aliphatic rings. The molecule has 2 heterocycles. The number of aliphatic hydroxyl groups excluding tert-OH is 1. The molecule has 1 aliphatic heterocycles. The van der Waals surface area contributed by atoms with Gasteiger partial charge in [0.1, 0.15) is 5.82 Å². The van der Waals surface area contributed by atoms with E-state index >= 15 is 0 Å². The van der Waals surface area contributed by atoms with Gasteiger partial charge in [-0.15, -0.1) is 0 Å². The Morgan fingerprint density at radius 3 is 2.45 bits per heavy atom. The topological polar surface area (TPSA) is 52.5 Å². The van der Waals surface area contributed by atoms with Crippen molar-refractivity contribution in [2.75, 3.05) is 43.6 Å². The van der Waals surface area contributed by atoms with Gasteiger partial charge in [-0.05, 0) is 24.7 Å². The monoisotopic (exact) mass is 278 g/mol. The van der Waals surface area contributed by atoms with Crippen LogP contribution in [0.5, 0.6) is 0 Å². The molecule has 0 bridgehead atoms. The maximum absolute atomic E-state index is 9.23. The Kier molecular flexibility index (Phi) is 4.81. The van der Waals surface area contributed by atoms with E-state index in [4.69, 9.17) is 0 Å². The number of hydrogen-bond donors (Lipinski definition) is 1. The smallest absolute Gasteiger partial charge is 0.227 e. The first kappa shape index (κ1) is 15.0. The lowest BCUT2D eigenvalue weighted by Crippen LogP contribution is -2.35. The Morgan fingerprint density at radius 2 is 1.95 bits per heavy atom. The van der Waals surface area contributed by atoms with Crippen LogP contribution in [0.2, 0.25) is 0 Å². The molecule has 0 amide bonds. The standard InChI is InChI=1S/C15H26N4O/c1-11(2)13-9-14(17-15(16-13)18(3)4)19-7-5-12(10-20)6-8-19/h9,11-12,20H,5-8,10H2,1-4H3. The number of aliphatic hydroxyl groups is 1. The van der Waals surface area contributed by atoms with E-state index in [1.165, 1.54) is 0 Å². The van der Waals surface area contributed by atoms with Crippen molar-refractivity contribution >= 4 is 11.8 Å². The Morgan fingerprint density at radius 1 is 1.30 bits per heavy atom. The fraction of sp³-hybridized carbons (Fsp3) is 0.733. The van der Waals surface area contributed by atoms with Gasteiger partial charge in [-0.2, -0.15) is 4.98 Å². The fourth-order valence-corrected chi connectivity index (χ4v) is 2.44. The van der Waals surface area contributed by atoms with Crippen LogP contribution in [0.15, 0.2) is 6.07 Å². The summed E-state index contributed by atoms with van der Waals surface area (Å²) in [5, 5.41) is 9.23. The molecule has 0 saturated carbocycles. The van der Waals surface area contributed by atoms with Crippen LogP contribution >= 0.6 is 0 Å². The molecule has 0 spiro atoms. The van der Waals surface area contributed by atoms with E-state index in [1.54, 1.807) is 0 Å². The van der Waals surface area contributed by atoms with E-state index in [9.17, 15) is 5.11 Å². The highest BCUT2D eigenvalue weighted by atomic mass is 16.3. The highest BCUT2D eigenvalue weighted by Gasteiger charge is 2.21. The summed E-state index contributed by atoms with van der Waals surface area (Å²) in [6, 6.07) is 2.11. The number of aromatic nitrogens is 2. The van der Waals surface area contributed by atoms with Gasteiger partial charge in [0.15, 0.2) is 0 Å². The molecule has 0 aliphatic carbocycles. The summed E-state index contributed by atoms with van der Waals surface area (Å²) < 4.78 is 0. The van der Waals surface area contributed by atoms with E-state index < -0.39 is 0 Å². The van der Waals surface area contributed by atoms with Gasteiger partial charge < -0.3 is 14.9 Å². The second kappa shape index (κ2) is 6.39. The number of nitrogens with zero attached hydrogens (tertiary/aromatic N) is 4. The molecule has 1 saturated heterocycles. The molecule has 5 heteroatoms. The third-order valence-corrected chi connectivity index (χ3v) is 3.91. The van der Waals surface area contributed by atoms with Crippen molar-refractivity contribution in [3.05, 3.63) is 11.8 Å². The summed E-state index contributed by atoms with van der Waals surface area (Å²) in [6.07, 6.45) is 2.07. The first-order valence-corrected chi connectivity index (χ1v) is 7.43. The van der Waals surface area contributed by atoms with Crippen molar-refractivity contribution in [2.24, 2.45) is 5.92 Å². The van der Waals surface area contributed by atoms with Gasteiger partial charge in [0.25, 0.3) is 0 Å². The molecule has 1 aromatic rings. The lowest BCUT2D eigenvalue weighted by Gasteiger charge is -2.32. The fourth-order valence-electron chi connectivity index (χ4n) is 2.44. The van der Waals surface area contributed by atoms with Gasteiger partial charge >= 0.3 is 0 Å². The van der Waals surface area contributed by atoms with Gasteiger partial charge in [0.2, 0.25) is 5.95 Å². The van der Waals surface area contributed by atoms with Crippen LogP contribution < -0.4 is 9.80 Å². The van der Waals surface area contributed by atoms with Gasteiger partial charge in [0.05, 0.1) is 5.69 Å². The summed E-state index contributed by atoms with van der Waals surface area (Å²) in [5.41, 5.74) is 1.09. The normalized spacial score (nSPS) is 16.8. The van der Waals surface area contributed by atoms with E-state index in [0.29, 0.717) is 18.4 Å². The first-order valence-electron chi connectivity index (χ1n) is 7.43. The molecule has 112 valence electrons. The van der Waals surface area contributed by atoms with Crippen LogP contribution in [0, 0.1) is 5.92 Å². The van der Waals surface area contributed by atoms with Crippen LogP contribution in [0.4, 0.5) is 11.8 Å². The Bertz CT molecular complexity index is 413. The summed E-state index contributed by atoms with van der Waals surface area (Å²) in [4.78, 5) is 13.5.